The molecule has 2 nitrogen and oxygen atoms in total. The minimum atomic E-state index is -2.38. The molecule has 0 fully saturated rings. The second kappa shape index (κ2) is 7.81. The minimum Gasteiger partial charge on any atom is -0.451 e. The van der Waals surface area contributed by atoms with Crippen molar-refractivity contribution in [3.63, 3.8) is 0 Å². The molecule has 0 aromatic heterocycles. The number of anilines is 1. The molecule has 3 rings (SSSR count). The maximum atomic E-state index is 14.7. The van der Waals surface area contributed by atoms with E-state index in [1.807, 2.05) is 18.7 Å². The molecule has 0 unspecified atom stereocenters. The molecule has 0 aliphatic heterocycles. The van der Waals surface area contributed by atoms with Gasteiger partial charge in [-0.2, -0.15) is 4.39 Å². The van der Waals surface area contributed by atoms with Crippen LogP contribution in [0.5, 0.6) is 11.5 Å². The fourth-order valence-electron chi connectivity index (χ4n) is 3.00. The summed E-state index contributed by atoms with van der Waals surface area (Å²) in [6.45, 7) is 4.98. The normalized spacial score (nSPS) is 11.2. The lowest BCUT2D eigenvalue weighted by atomic mass is 10.1. The molecule has 9 heteroatoms. The molecule has 0 spiro atoms. The van der Waals surface area contributed by atoms with Gasteiger partial charge in [0.1, 0.15) is 5.75 Å². The van der Waals surface area contributed by atoms with Crippen LogP contribution >= 0.6 is 0 Å². The summed E-state index contributed by atoms with van der Waals surface area (Å²) in [5, 5.41) is -3.27. The van der Waals surface area contributed by atoms with Gasteiger partial charge in [-0.1, -0.05) is 6.07 Å². The van der Waals surface area contributed by atoms with Crippen molar-refractivity contribution < 1.29 is 35.5 Å². The highest BCUT2D eigenvalue weighted by Crippen LogP contribution is 2.39. The van der Waals surface area contributed by atoms with E-state index in [0.29, 0.717) is 18.8 Å². The van der Waals surface area contributed by atoms with Crippen LogP contribution in [0.25, 0.3) is 10.8 Å². The molecule has 3 aromatic rings. The van der Waals surface area contributed by atoms with E-state index in [0.717, 1.165) is 0 Å². The van der Waals surface area contributed by atoms with E-state index >= 15 is 0 Å². The molecule has 29 heavy (non-hydrogen) atoms. The first kappa shape index (κ1) is 20.8. The van der Waals surface area contributed by atoms with Crippen molar-refractivity contribution in [3.05, 3.63) is 65.0 Å². The number of fused-ring (bicyclic) bond motifs is 1. The largest absolute Gasteiger partial charge is 0.451 e. The second-order valence-electron chi connectivity index (χ2n) is 6.05. The molecule has 0 atom stereocenters. The number of nitrogens with zero attached hydrogens (tertiary/aromatic N) is 1. The Hall–Kier alpha value is -2.97. The maximum Gasteiger partial charge on any atom is 0.205 e. The van der Waals surface area contributed by atoms with E-state index in [-0.39, 0.29) is 5.75 Å². The van der Waals surface area contributed by atoms with Gasteiger partial charge in [0.05, 0.1) is 10.8 Å². The van der Waals surface area contributed by atoms with Crippen molar-refractivity contribution in [1.82, 2.24) is 0 Å². The van der Waals surface area contributed by atoms with Gasteiger partial charge < -0.3 is 9.64 Å². The first-order valence-corrected chi connectivity index (χ1v) is 8.57. The zero-order valence-electron chi connectivity index (χ0n) is 15.2. The Balaban J connectivity index is 2.21. The van der Waals surface area contributed by atoms with Crippen LogP contribution in [-0.4, -0.2) is 13.1 Å². The Morgan fingerprint density at radius 3 is 1.76 bits per heavy atom. The summed E-state index contributed by atoms with van der Waals surface area (Å²) in [6, 6.07) is 5.90. The number of hydrogen-bond acceptors (Lipinski definition) is 2. The Bertz CT molecular complexity index is 1100. The van der Waals surface area contributed by atoms with Crippen molar-refractivity contribution >= 4 is 16.5 Å². The number of halogens is 7. The van der Waals surface area contributed by atoms with Crippen molar-refractivity contribution in [3.8, 4) is 11.5 Å². The van der Waals surface area contributed by atoms with Gasteiger partial charge in [0.2, 0.25) is 11.6 Å². The Labute approximate surface area is 161 Å². The van der Waals surface area contributed by atoms with Gasteiger partial charge in [0.25, 0.3) is 0 Å². The third-order valence-corrected chi connectivity index (χ3v) is 4.46. The summed E-state index contributed by atoms with van der Waals surface area (Å²) < 4.78 is 103. The van der Waals surface area contributed by atoms with Gasteiger partial charge in [0.15, 0.2) is 34.9 Å². The fraction of sp³-hybridized carbons (Fsp3) is 0.200. The molecule has 0 amide bonds. The topological polar surface area (TPSA) is 12.5 Å². The Morgan fingerprint density at radius 2 is 1.21 bits per heavy atom. The molecule has 0 N–H and O–H groups in total. The lowest BCUT2D eigenvalue weighted by Crippen LogP contribution is -2.21. The second-order valence-corrected chi connectivity index (χ2v) is 6.05. The van der Waals surface area contributed by atoms with Crippen LogP contribution in [0.4, 0.5) is 36.4 Å². The van der Waals surface area contributed by atoms with E-state index < -0.39 is 57.2 Å². The van der Waals surface area contributed by atoms with Crippen LogP contribution in [0, 0.1) is 40.7 Å². The monoisotopic (exact) mass is 417 g/mol. The van der Waals surface area contributed by atoms with Gasteiger partial charge in [-0.3, -0.25) is 0 Å². The highest BCUT2D eigenvalue weighted by atomic mass is 19.2. The quantitative estimate of drug-likeness (QED) is 0.269. The molecule has 0 saturated carbocycles. The lowest BCUT2D eigenvalue weighted by molar-refractivity contribution is 0.383. The standard InChI is InChI=1S/C20H14F7NO/c1-3-28(4-2)9-6-5-7-10(8-9)29-20-16(24)12-11(15(23)19(20)27)13(21)17(25)18(26)14(12)22/h5-8H,3-4H2,1-2H3. The maximum absolute atomic E-state index is 14.7. The molecule has 0 heterocycles. The predicted octanol–water partition coefficient (Wildman–Crippen LogP) is 6.45. The van der Waals surface area contributed by atoms with Crippen LogP contribution in [0.15, 0.2) is 24.3 Å². The Kier molecular flexibility index (Phi) is 5.59. The number of rotatable bonds is 5. The first-order valence-electron chi connectivity index (χ1n) is 8.57. The highest BCUT2D eigenvalue weighted by molar-refractivity contribution is 5.87. The van der Waals surface area contributed by atoms with Gasteiger partial charge in [-0.25, -0.2) is 26.3 Å². The summed E-state index contributed by atoms with van der Waals surface area (Å²) in [5.74, 6) is -16.7. The van der Waals surface area contributed by atoms with E-state index in [1.54, 1.807) is 6.07 Å². The predicted molar refractivity (Wildman–Crippen MR) is 93.7 cm³/mol. The van der Waals surface area contributed by atoms with Crippen LogP contribution in [0.1, 0.15) is 13.8 Å². The van der Waals surface area contributed by atoms with Gasteiger partial charge in [0, 0.05) is 24.8 Å². The third kappa shape index (κ3) is 3.34. The zero-order valence-corrected chi connectivity index (χ0v) is 15.2. The minimum absolute atomic E-state index is 0.130. The van der Waals surface area contributed by atoms with E-state index in [2.05, 4.69) is 0 Å². The SMILES string of the molecule is CCN(CC)c1cccc(Oc2c(F)c(F)c3c(F)c(F)c(F)c(F)c3c2F)c1. The van der Waals surface area contributed by atoms with E-state index in [1.165, 1.54) is 18.2 Å². The average molecular weight is 417 g/mol. The highest BCUT2D eigenvalue weighted by Gasteiger charge is 2.31. The van der Waals surface area contributed by atoms with Gasteiger partial charge in [-0.15, -0.1) is 0 Å². The summed E-state index contributed by atoms with van der Waals surface area (Å²) in [6.07, 6.45) is 0. The van der Waals surface area contributed by atoms with Crippen LogP contribution in [0.2, 0.25) is 0 Å². The zero-order chi connectivity index (χ0) is 21.5. The van der Waals surface area contributed by atoms with Crippen molar-refractivity contribution in [2.75, 3.05) is 18.0 Å². The number of hydrogen-bond donors (Lipinski definition) is 0. The molecule has 0 bridgehead atoms. The number of ether oxygens (including phenoxy) is 1. The molecule has 0 aliphatic rings. The lowest BCUT2D eigenvalue weighted by Gasteiger charge is -2.21. The third-order valence-electron chi connectivity index (χ3n) is 4.46. The summed E-state index contributed by atoms with van der Waals surface area (Å²) in [4.78, 5) is 1.88. The van der Waals surface area contributed by atoms with E-state index in [4.69, 9.17) is 4.74 Å². The molecular weight excluding hydrogens is 403 g/mol. The van der Waals surface area contributed by atoms with Crippen LogP contribution in [-0.2, 0) is 0 Å². The van der Waals surface area contributed by atoms with Crippen molar-refractivity contribution in [1.29, 1.82) is 0 Å². The van der Waals surface area contributed by atoms with Crippen molar-refractivity contribution in [2.24, 2.45) is 0 Å². The van der Waals surface area contributed by atoms with Crippen LogP contribution < -0.4 is 9.64 Å². The fourth-order valence-corrected chi connectivity index (χ4v) is 3.00. The average Bonchev–Trinajstić information content (AvgIpc) is 2.72. The van der Waals surface area contributed by atoms with Gasteiger partial charge >= 0.3 is 0 Å². The molecule has 0 radical (unpaired) electrons. The molecule has 154 valence electrons. The smallest absolute Gasteiger partial charge is 0.205 e. The van der Waals surface area contributed by atoms with Crippen molar-refractivity contribution in [2.45, 2.75) is 13.8 Å². The first-order chi connectivity index (χ1) is 13.7. The Morgan fingerprint density at radius 1 is 0.690 bits per heavy atom. The van der Waals surface area contributed by atoms with Crippen LogP contribution in [0.3, 0.4) is 0 Å². The van der Waals surface area contributed by atoms with Gasteiger partial charge in [-0.05, 0) is 26.0 Å². The summed E-state index contributed by atoms with van der Waals surface area (Å²) >= 11 is 0. The summed E-state index contributed by atoms with van der Waals surface area (Å²) in [7, 11) is 0. The molecular formula is C20H14F7NO. The van der Waals surface area contributed by atoms with E-state index in [9.17, 15) is 30.7 Å². The summed E-state index contributed by atoms with van der Waals surface area (Å²) in [5.41, 5.74) is 0.625. The number of benzene rings is 3. The molecule has 3 aromatic carbocycles. The molecule has 0 saturated heterocycles. The molecule has 0 aliphatic carbocycles.